The van der Waals surface area contributed by atoms with Crippen molar-refractivity contribution < 1.29 is 9.47 Å². The Hall–Kier alpha value is -1.11. The van der Waals surface area contributed by atoms with Crippen LogP contribution in [-0.4, -0.2) is 12.1 Å². The average molecular weight is 431 g/mol. The molecule has 110 valence electrons. The standard InChI is InChI=1S/C15H13Br2NO2S/c1-19-13-6-12(17)14(7-11(13)16)20-8-9-3-2-4-10(5-9)15(18)21/h2-7H,8H2,1H3,(H2,18,21). The van der Waals surface area contributed by atoms with E-state index in [1.165, 1.54) is 0 Å². The topological polar surface area (TPSA) is 44.5 Å². The molecule has 2 rings (SSSR count). The van der Waals surface area contributed by atoms with E-state index in [0.717, 1.165) is 31.6 Å². The van der Waals surface area contributed by atoms with Gasteiger partial charge in [0.2, 0.25) is 0 Å². The smallest absolute Gasteiger partial charge is 0.135 e. The van der Waals surface area contributed by atoms with E-state index in [-0.39, 0.29) is 0 Å². The van der Waals surface area contributed by atoms with Crippen molar-refractivity contribution in [2.45, 2.75) is 6.61 Å². The van der Waals surface area contributed by atoms with Gasteiger partial charge in [-0.2, -0.15) is 0 Å². The maximum Gasteiger partial charge on any atom is 0.135 e. The molecule has 21 heavy (non-hydrogen) atoms. The zero-order chi connectivity index (χ0) is 15.4. The highest BCUT2D eigenvalue weighted by Crippen LogP contribution is 2.36. The van der Waals surface area contributed by atoms with Crippen molar-refractivity contribution in [2.75, 3.05) is 7.11 Å². The van der Waals surface area contributed by atoms with Crippen molar-refractivity contribution in [1.29, 1.82) is 0 Å². The largest absolute Gasteiger partial charge is 0.496 e. The van der Waals surface area contributed by atoms with E-state index in [2.05, 4.69) is 31.9 Å². The molecule has 0 saturated carbocycles. The van der Waals surface area contributed by atoms with E-state index in [0.29, 0.717) is 11.6 Å². The fourth-order valence-corrected chi connectivity index (χ4v) is 2.80. The molecular weight excluding hydrogens is 418 g/mol. The summed E-state index contributed by atoms with van der Waals surface area (Å²) >= 11 is 11.9. The molecule has 0 saturated heterocycles. The number of rotatable bonds is 5. The Kier molecular flexibility index (Phi) is 5.61. The second-order valence-electron chi connectivity index (χ2n) is 4.27. The monoisotopic (exact) mass is 429 g/mol. The molecule has 0 bridgehead atoms. The Morgan fingerprint density at radius 1 is 1.14 bits per heavy atom. The van der Waals surface area contributed by atoms with Crippen molar-refractivity contribution in [3.63, 3.8) is 0 Å². The van der Waals surface area contributed by atoms with Crippen LogP contribution in [0.5, 0.6) is 11.5 Å². The van der Waals surface area contributed by atoms with Gasteiger partial charge in [0, 0.05) is 5.56 Å². The first kappa shape index (κ1) is 16.3. The van der Waals surface area contributed by atoms with Crippen molar-refractivity contribution in [1.82, 2.24) is 0 Å². The molecule has 2 aromatic carbocycles. The summed E-state index contributed by atoms with van der Waals surface area (Å²) in [6.07, 6.45) is 0. The van der Waals surface area contributed by atoms with E-state index in [1.54, 1.807) is 7.11 Å². The van der Waals surface area contributed by atoms with Gasteiger partial charge in [0.1, 0.15) is 23.1 Å². The molecule has 0 unspecified atom stereocenters. The van der Waals surface area contributed by atoms with Gasteiger partial charge in [-0.25, -0.2) is 0 Å². The minimum Gasteiger partial charge on any atom is -0.496 e. The third-order valence-electron chi connectivity index (χ3n) is 2.81. The highest BCUT2D eigenvalue weighted by molar-refractivity contribution is 9.11. The summed E-state index contributed by atoms with van der Waals surface area (Å²) in [6.45, 7) is 0.424. The van der Waals surface area contributed by atoms with Crippen LogP contribution in [-0.2, 0) is 6.61 Å². The number of halogens is 2. The van der Waals surface area contributed by atoms with Gasteiger partial charge < -0.3 is 15.2 Å². The number of nitrogens with two attached hydrogens (primary N) is 1. The highest BCUT2D eigenvalue weighted by Gasteiger charge is 2.08. The molecule has 0 aliphatic heterocycles. The number of hydrogen-bond acceptors (Lipinski definition) is 3. The van der Waals surface area contributed by atoms with Crippen LogP contribution in [0.2, 0.25) is 0 Å². The molecule has 0 fully saturated rings. The van der Waals surface area contributed by atoms with E-state index in [4.69, 9.17) is 27.4 Å². The van der Waals surface area contributed by atoms with Gasteiger partial charge in [-0.15, -0.1) is 0 Å². The third-order valence-corrected chi connectivity index (χ3v) is 4.29. The SMILES string of the molecule is COc1cc(Br)c(OCc2cccc(C(N)=S)c2)cc1Br. The van der Waals surface area contributed by atoms with Crippen molar-refractivity contribution in [2.24, 2.45) is 5.73 Å². The summed E-state index contributed by atoms with van der Waals surface area (Å²) < 4.78 is 12.7. The molecule has 0 heterocycles. The molecule has 0 amide bonds. The Bertz CT molecular complexity index is 677. The van der Waals surface area contributed by atoms with Gasteiger partial charge in [0.15, 0.2) is 0 Å². The molecular formula is C15H13Br2NO2S. The molecule has 0 atom stereocenters. The van der Waals surface area contributed by atoms with Crippen molar-refractivity contribution >= 4 is 49.1 Å². The lowest BCUT2D eigenvalue weighted by Gasteiger charge is -2.11. The van der Waals surface area contributed by atoms with E-state index >= 15 is 0 Å². The van der Waals surface area contributed by atoms with Gasteiger partial charge >= 0.3 is 0 Å². The van der Waals surface area contributed by atoms with Gasteiger partial charge in [-0.3, -0.25) is 0 Å². The summed E-state index contributed by atoms with van der Waals surface area (Å²) in [6, 6.07) is 11.4. The van der Waals surface area contributed by atoms with Crippen LogP contribution in [0.3, 0.4) is 0 Å². The molecule has 0 aliphatic rings. The molecule has 2 aromatic rings. The molecule has 3 nitrogen and oxygen atoms in total. The van der Waals surface area contributed by atoms with Crippen LogP contribution >= 0.6 is 44.1 Å². The minimum absolute atomic E-state index is 0.380. The predicted octanol–water partition coefficient (Wildman–Crippen LogP) is 4.43. The summed E-state index contributed by atoms with van der Waals surface area (Å²) in [4.78, 5) is 0.380. The normalized spacial score (nSPS) is 10.2. The van der Waals surface area contributed by atoms with E-state index in [1.807, 2.05) is 36.4 Å². The zero-order valence-corrected chi connectivity index (χ0v) is 15.2. The lowest BCUT2D eigenvalue weighted by molar-refractivity contribution is 0.303. The highest BCUT2D eigenvalue weighted by atomic mass is 79.9. The third kappa shape index (κ3) is 4.18. The first-order valence-electron chi connectivity index (χ1n) is 6.06. The second-order valence-corrected chi connectivity index (χ2v) is 6.42. The van der Waals surface area contributed by atoms with Gasteiger partial charge in [0.05, 0.1) is 16.1 Å². The number of thiocarbonyl (C=S) groups is 1. The first-order valence-corrected chi connectivity index (χ1v) is 8.05. The Morgan fingerprint density at radius 3 is 2.48 bits per heavy atom. The Balaban J connectivity index is 2.15. The lowest BCUT2D eigenvalue weighted by Crippen LogP contribution is -2.09. The molecule has 0 radical (unpaired) electrons. The molecule has 0 aromatic heterocycles. The first-order chi connectivity index (χ1) is 10.0. The van der Waals surface area contributed by atoms with Crippen molar-refractivity contribution in [3.05, 3.63) is 56.5 Å². The molecule has 6 heteroatoms. The Labute approximate surface area is 145 Å². The van der Waals surface area contributed by atoms with Crippen LogP contribution in [0.25, 0.3) is 0 Å². The summed E-state index contributed by atoms with van der Waals surface area (Å²) in [5.74, 6) is 1.47. The number of ether oxygens (including phenoxy) is 2. The fraction of sp³-hybridized carbons (Fsp3) is 0.133. The van der Waals surface area contributed by atoms with E-state index < -0.39 is 0 Å². The number of benzene rings is 2. The second kappa shape index (κ2) is 7.24. The van der Waals surface area contributed by atoms with Crippen molar-refractivity contribution in [3.8, 4) is 11.5 Å². The zero-order valence-electron chi connectivity index (χ0n) is 11.2. The average Bonchev–Trinajstić information content (AvgIpc) is 2.48. The van der Waals surface area contributed by atoms with Crippen LogP contribution in [0.4, 0.5) is 0 Å². The maximum absolute atomic E-state index is 5.82. The summed E-state index contributed by atoms with van der Waals surface area (Å²) in [7, 11) is 1.62. The number of methoxy groups -OCH3 is 1. The van der Waals surface area contributed by atoms with Crippen LogP contribution < -0.4 is 15.2 Å². The predicted molar refractivity (Wildman–Crippen MR) is 95.1 cm³/mol. The molecule has 0 spiro atoms. The lowest BCUT2D eigenvalue weighted by atomic mass is 10.1. The number of hydrogen-bond donors (Lipinski definition) is 1. The minimum atomic E-state index is 0.380. The quantitative estimate of drug-likeness (QED) is 0.712. The molecule has 0 aliphatic carbocycles. The fourth-order valence-electron chi connectivity index (χ4n) is 1.75. The molecule has 2 N–H and O–H groups in total. The summed E-state index contributed by atoms with van der Waals surface area (Å²) in [5, 5.41) is 0. The summed E-state index contributed by atoms with van der Waals surface area (Å²) in [5.41, 5.74) is 7.46. The van der Waals surface area contributed by atoms with Gasteiger partial charge in [-0.1, -0.05) is 30.4 Å². The Morgan fingerprint density at radius 2 is 1.81 bits per heavy atom. The van der Waals surface area contributed by atoms with Crippen LogP contribution in [0.15, 0.2) is 45.3 Å². The van der Waals surface area contributed by atoms with E-state index in [9.17, 15) is 0 Å². The van der Waals surface area contributed by atoms with Gasteiger partial charge in [0.25, 0.3) is 0 Å². The van der Waals surface area contributed by atoms with Gasteiger partial charge in [-0.05, 0) is 55.6 Å². The van der Waals surface area contributed by atoms with Crippen LogP contribution in [0.1, 0.15) is 11.1 Å². The van der Waals surface area contributed by atoms with Crippen LogP contribution in [0, 0.1) is 0 Å². The maximum atomic E-state index is 5.82.